The molecule has 4 heteroatoms. The molecule has 39 heavy (non-hydrogen) atoms. The average Bonchev–Trinajstić information content (AvgIpc) is 3.61. The minimum absolute atomic E-state index is 0.208. The third-order valence-electron chi connectivity index (χ3n) is 8.47. The third kappa shape index (κ3) is 2.54. The van der Waals surface area contributed by atoms with Crippen LogP contribution in [0.2, 0.25) is 5.28 Å². The number of nitrogens with zero attached hydrogens (tertiary/aromatic N) is 2. The lowest BCUT2D eigenvalue weighted by Crippen LogP contribution is -2.25. The quantitative estimate of drug-likeness (QED) is 0.203. The van der Waals surface area contributed by atoms with E-state index in [4.69, 9.17) is 21.0 Å². The van der Waals surface area contributed by atoms with Crippen molar-refractivity contribution in [2.45, 2.75) is 5.41 Å². The van der Waals surface area contributed by atoms with E-state index in [1.54, 1.807) is 0 Å². The highest BCUT2D eigenvalue weighted by molar-refractivity contribution is 6.29. The Balaban J connectivity index is 1.45. The van der Waals surface area contributed by atoms with Crippen LogP contribution in [0.5, 0.6) is 0 Å². The van der Waals surface area contributed by atoms with Gasteiger partial charge in [0.15, 0.2) is 5.58 Å². The molecule has 9 rings (SSSR count). The Kier molecular flexibility index (Phi) is 4.05. The molecule has 0 atom stereocenters. The largest absolute Gasteiger partial charge is 0.452 e. The second kappa shape index (κ2) is 7.43. The van der Waals surface area contributed by atoms with Crippen LogP contribution in [-0.2, 0) is 5.41 Å². The number of hydrogen-bond acceptors (Lipinski definition) is 3. The summed E-state index contributed by atoms with van der Waals surface area (Å²) in [5, 5.41) is 1.14. The van der Waals surface area contributed by atoms with Gasteiger partial charge < -0.3 is 4.42 Å². The standard InChI is InChI=1S/C35H19ClN2O/c36-34-37-31-23-13-4-8-19-29(23)39-33(31)32(38-34)24-14-9-18-28-30(24)22-12-3-7-17-27(22)35(28)25-15-5-1-10-20(25)21-11-2-6-16-26(21)35/h1-19H. The molecule has 5 aromatic carbocycles. The number of hydrogen-bond donors (Lipinski definition) is 0. The first kappa shape index (κ1) is 21.2. The molecule has 0 radical (unpaired) electrons. The first-order valence-electron chi connectivity index (χ1n) is 13.0. The summed E-state index contributed by atoms with van der Waals surface area (Å²) in [6, 6.07) is 40.9. The molecule has 0 amide bonds. The number of rotatable bonds is 1. The average molecular weight is 519 g/mol. The van der Waals surface area contributed by atoms with E-state index in [-0.39, 0.29) is 5.28 Å². The van der Waals surface area contributed by atoms with E-state index in [0.717, 1.165) is 27.6 Å². The Labute approximate surface area is 229 Å². The SMILES string of the molecule is Clc1nc(-c2cccc3c2-c2ccccc2C32c3ccccc3-c3ccccc32)c2oc3ccccc3c2n1. The van der Waals surface area contributed by atoms with Crippen LogP contribution in [0.3, 0.4) is 0 Å². The zero-order valence-electron chi connectivity index (χ0n) is 20.7. The molecule has 3 nitrogen and oxygen atoms in total. The van der Waals surface area contributed by atoms with Gasteiger partial charge >= 0.3 is 0 Å². The van der Waals surface area contributed by atoms with E-state index < -0.39 is 5.41 Å². The molecule has 2 aromatic heterocycles. The van der Waals surface area contributed by atoms with Crippen LogP contribution < -0.4 is 0 Å². The van der Waals surface area contributed by atoms with Gasteiger partial charge in [-0.1, -0.05) is 103 Å². The second-order valence-electron chi connectivity index (χ2n) is 10.2. The summed E-state index contributed by atoms with van der Waals surface area (Å²) in [5.74, 6) is 0. The van der Waals surface area contributed by atoms with Gasteiger partial charge in [0.1, 0.15) is 16.8 Å². The fourth-order valence-electron chi connectivity index (χ4n) is 7.09. The van der Waals surface area contributed by atoms with Crippen molar-refractivity contribution in [3.05, 3.63) is 143 Å². The topological polar surface area (TPSA) is 38.9 Å². The highest BCUT2D eigenvalue weighted by atomic mass is 35.5. The Morgan fingerprint density at radius 1 is 0.538 bits per heavy atom. The van der Waals surface area contributed by atoms with Crippen LogP contribution in [0.1, 0.15) is 22.3 Å². The second-order valence-corrected chi connectivity index (χ2v) is 10.6. The predicted molar refractivity (Wildman–Crippen MR) is 156 cm³/mol. The summed E-state index contributed by atoms with van der Waals surface area (Å²) < 4.78 is 6.39. The molecule has 0 unspecified atom stereocenters. The van der Waals surface area contributed by atoms with E-state index in [0.29, 0.717) is 11.3 Å². The van der Waals surface area contributed by atoms with Crippen LogP contribution in [0.4, 0.5) is 0 Å². The zero-order chi connectivity index (χ0) is 25.7. The predicted octanol–water partition coefficient (Wildman–Crippen LogP) is 9.04. The minimum Gasteiger partial charge on any atom is -0.452 e. The van der Waals surface area contributed by atoms with Crippen molar-refractivity contribution in [3.63, 3.8) is 0 Å². The van der Waals surface area contributed by atoms with Crippen molar-refractivity contribution in [2.24, 2.45) is 0 Å². The van der Waals surface area contributed by atoms with E-state index in [9.17, 15) is 0 Å². The number of benzene rings is 5. The van der Waals surface area contributed by atoms with Gasteiger partial charge in [-0.15, -0.1) is 0 Å². The number of furan rings is 1. The Morgan fingerprint density at radius 3 is 1.85 bits per heavy atom. The summed E-state index contributed by atoms with van der Waals surface area (Å²) >= 11 is 6.57. The summed E-state index contributed by atoms with van der Waals surface area (Å²) in [5.41, 5.74) is 13.5. The van der Waals surface area contributed by atoms with Crippen molar-refractivity contribution < 1.29 is 4.42 Å². The molecule has 0 fully saturated rings. The smallest absolute Gasteiger partial charge is 0.223 e. The Morgan fingerprint density at radius 2 is 1.10 bits per heavy atom. The van der Waals surface area contributed by atoms with Crippen molar-refractivity contribution in [1.29, 1.82) is 0 Å². The van der Waals surface area contributed by atoms with E-state index in [2.05, 4.69) is 96.0 Å². The maximum absolute atomic E-state index is 6.57. The lowest BCUT2D eigenvalue weighted by atomic mass is 9.70. The lowest BCUT2D eigenvalue weighted by Gasteiger charge is -2.30. The maximum atomic E-state index is 6.57. The molecule has 0 N–H and O–H groups in total. The van der Waals surface area contributed by atoms with Gasteiger partial charge in [0.05, 0.1) is 5.41 Å². The van der Waals surface area contributed by atoms with Gasteiger partial charge in [-0.25, -0.2) is 9.97 Å². The molecular weight excluding hydrogens is 500 g/mol. The fraction of sp³-hybridized carbons (Fsp3) is 0.0286. The van der Waals surface area contributed by atoms with E-state index >= 15 is 0 Å². The molecule has 2 aliphatic rings. The number of fused-ring (bicyclic) bond motifs is 13. The van der Waals surface area contributed by atoms with Gasteiger partial charge in [0, 0.05) is 10.9 Å². The number of halogens is 1. The molecule has 182 valence electrons. The first-order chi connectivity index (χ1) is 19.3. The molecule has 0 bridgehead atoms. The molecule has 1 spiro atoms. The molecule has 0 aliphatic heterocycles. The highest BCUT2D eigenvalue weighted by Gasteiger charge is 2.52. The summed E-state index contributed by atoms with van der Waals surface area (Å²) in [7, 11) is 0. The van der Waals surface area contributed by atoms with E-state index in [1.165, 1.54) is 38.9 Å². The van der Waals surface area contributed by atoms with Gasteiger partial charge in [0.2, 0.25) is 5.28 Å². The number of aromatic nitrogens is 2. The van der Waals surface area contributed by atoms with Crippen molar-refractivity contribution >= 4 is 33.7 Å². The minimum atomic E-state index is -0.418. The lowest BCUT2D eigenvalue weighted by molar-refractivity contribution is 0.667. The molecule has 0 saturated heterocycles. The van der Waals surface area contributed by atoms with Crippen molar-refractivity contribution in [1.82, 2.24) is 9.97 Å². The van der Waals surface area contributed by atoms with Crippen LogP contribution in [0, 0.1) is 0 Å². The van der Waals surface area contributed by atoms with Crippen molar-refractivity contribution in [2.75, 3.05) is 0 Å². The first-order valence-corrected chi connectivity index (χ1v) is 13.4. The molecule has 7 aromatic rings. The molecule has 2 heterocycles. The van der Waals surface area contributed by atoms with Crippen LogP contribution >= 0.6 is 11.6 Å². The van der Waals surface area contributed by atoms with Crippen LogP contribution in [-0.4, -0.2) is 9.97 Å². The van der Waals surface area contributed by atoms with Crippen LogP contribution in [0.15, 0.2) is 120 Å². The van der Waals surface area contributed by atoms with E-state index in [1.807, 2.05) is 24.3 Å². The van der Waals surface area contributed by atoms with Crippen LogP contribution in [0.25, 0.3) is 55.6 Å². The maximum Gasteiger partial charge on any atom is 0.223 e. The highest BCUT2D eigenvalue weighted by Crippen LogP contribution is 2.64. The molecule has 0 saturated carbocycles. The zero-order valence-corrected chi connectivity index (χ0v) is 21.4. The normalized spacial score (nSPS) is 14.0. The molecular formula is C35H19ClN2O. The summed E-state index contributed by atoms with van der Waals surface area (Å²) in [6.45, 7) is 0. The van der Waals surface area contributed by atoms with Gasteiger partial charge in [-0.2, -0.15) is 0 Å². The molecule has 2 aliphatic carbocycles. The van der Waals surface area contributed by atoms with Gasteiger partial charge in [-0.05, 0) is 68.2 Å². The number of para-hydroxylation sites is 1. The third-order valence-corrected chi connectivity index (χ3v) is 8.64. The Hall–Kier alpha value is -4.73. The fourth-order valence-corrected chi connectivity index (χ4v) is 7.26. The van der Waals surface area contributed by atoms with Crippen molar-refractivity contribution in [3.8, 4) is 33.5 Å². The Bertz CT molecular complexity index is 2110. The monoisotopic (exact) mass is 518 g/mol. The van der Waals surface area contributed by atoms with Gasteiger partial charge in [0.25, 0.3) is 0 Å². The summed E-state index contributed by atoms with van der Waals surface area (Å²) in [6.07, 6.45) is 0. The summed E-state index contributed by atoms with van der Waals surface area (Å²) in [4.78, 5) is 9.36. The van der Waals surface area contributed by atoms with Gasteiger partial charge in [-0.3, -0.25) is 0 Å².